The number of aliphatic hydroxyl groups is 1. The fourth-order valence-electron chi connectivity index (χ4n) is 2.24. The third-order valence-corrected chi connectivity index (χ3v) is 4.05. The van der Waals surface area contributed by atoms with Crippen LogP contribution in [-0.2, 0) is 6.54 Å². The molecule has 2 aromatic carbocycles. The van der Waals surface area contributed by atoms with Gasteiger partial charge in [0.05, 0.1) is 19.8 Å². The van der Waals surface area contributed by atoms with E-state index >= 15 is 0 Å². The molecule has 2 N–H and O–H groups in total. The maximum absolute atomic E-state index is 12.0. The van der Waals surface area contributed by atoms with Gasteiger partial charge in [0.15, 0.2) is 0 Å². The molecule has 2 rings (SSSR count). The molecule has 128 valence electrons. The van der Waals surface area contributed by atoms with Crippen molar-refractivity contribution in [2.24, 2.45) is 0 Å². The van der Waals surface area contributed by atoms with Crippen LogP contribution in [0.15, 0.2) is 48.5 Å². The Morgan fingerprint density at radius 3 is 2.54 bits per heavy atom. The number of aliphatic hydroxyl groups excluding tert-OH is 1. The zero-order valence-electron chi connectivity index (χ0n) is 14.3. The molecule has 5 heteroatoms. The Morgan fingerprint density at radius 1 is 1.21 bits per heavy atom. The zero-order chi connectivity index (χ0) is 17.5. The third-order valence-electron chi connectivity index (χ3n) is 4.05. The first-order valence-electron chi connectivity index (χ1n) is 7.90. The number of benzene rings is 2. The van der Waals surface area contributed by atoms with Gasteiger partial charge in [-0.1, -0.05) is 36.4 Å². The van der Waals surface area contributed by atoms with Crippen LogP contribution in [-0.4, -0.2) is 42.8 Å². The summed E-state index contributed by atoms with van der Waals surface area (Å²) in [5.41, 5.74) is 3.19. The monoisotopic (exact) mass is 328 g/mol. The second kappa shape index (κ2) is 8.36. The molecule has 24 heavy (non-hydrogen) atoms. The van der Waals surface area contributed by atoms with Crippen molar-refractivity contribution in [2.45, 2.75) is 19.5 Å². The Balaban J connectivity index is 1.98. The van der Waals surface area contributed by atoms with Crippen LogP contribution in [0.1, 0.15) is 12.5 Å². The van der Waals surface area contributed by atoms with Crippen molar-refractivity contribution < 1.29 is 14.6 Å². The largest absolute Gasteiger partial charge is 0.497 e. The fraction of sp³-hybridized carbons (Fsp3) is 0.316. The molecular weight excluding hydrogens is 304 g/mol. The van der Waals surface area contributed by atoms with Crippen LogP contribution in [0.3, 0.4) is 0 Å². The normalized spacial score (nSPS) is 11.7. The minimum atomic E-state index is -0.208. The topological polar surface area (TPSA) is 61.8 Å². The molecule has 0 fully saturated rings. The predicted molar refractivity (Wildman–Crippen MR) is 95.0 cm³/mol. The summed E-state index contributed by atoms with van der Waals surface area (Å²) in [7, 11) is 3.32. The van der Waals surface area contributed by atoms with E-state index in [9.17, 15) is 4.79 Å². The Kier molecular flexibility index (Phi) is 6.21. The highest BCUT2D eigenvalue weighted by Gasteiger charge is 2.14. The fourth-order valence-corrected chi connectivity index (χ4v) is 2.24. The Bertz CT molecular complexity index is 671. The SMILES string of the molecule is COc1cccc(-c2ccc(CNC(=O)N(C)[C@@H](C)CO)cc2)c1. The average Bonchev–Trinajstić information content (AvgIpc) is 2.65. The van der Waals surface area contributed by atoms with E-state index in [2.05, 4.69) is 5.32 Å². The van der Waals surface area contributed by atoms with Gasteiger partial charge in [-0.15, -0.1) is 0 Å². The molecule has 0 bridgehead atoms. The molecule has 0 radical (unpaired) electrons. The van der Waals surface area contributed by atoms with Gasteiger partial charge in [0, 0.05) is 13.6 Å². The smallest absolute Gasteiger partial charge is 0.317 e. The van der Waals surface area contributed by atoms with Gasteiger partial charge in [-0.25, -0.2) is 4.79 Å². The lowest BCUT2D eigenvalue weighted by Crippen LogP contribution is -2.43. The summed E-state index contributed by atoms with van der Waals surface area (Å²) in [6, 6.07) is 15.5. The standard InChI is InChI=1S/C19H24N2O3/c1-14(13-22)21(2)19(23)20-12-15-7-9-16(10-8-15)17-5-4-6-18(11-17)24-3/h4-11,14,22H,12-13H2,1-3H3,(H,20,23)/t14-/m0/s1. The maximum Gasteiger partial charge on any atom is 0.317 e. The van der Waals surface area contributed by atoms with Gasteiger partial charge in [-0.3, -0.25) is 0 Å². The van der Waals surface area contributed by atoms with Crippen LogP contribution in [0.5, 0.6) is 5.75 Å². The highest BCUT2D eigenvalue weighted by atomic mass is 16.5. The molecule has 5 nitrogen and oxygen atoms in total. The third kappa shape index (κ3) is 4.49. The van der Waals surface area contributed by atoms with E-state index in [1.54, 1.807) is 21.1 Å². The van der Waals surface area contributed by atoms with Crippen LogP contribution in [0.25, 0.3) is 11.1 Å². The van der Waals surface area contributed by atoms with E-state index in [1.807, 2.05) is 48.5 Å². The van der Waals surface area contributed by atoms with Crippen molar-refractivity contribution >= 4 is 6.03 Å². The lowest BCUT2D eigenvalue weighted by molar-refractivity contribution is 0.157. The number of amides is 2. The number of carbonyl (C=O) groups excluding carboxylic acids is 1. The summed E-state index contributed by atoms with van der Waals surface area (Å²) in [5.74, 6) is 0.824. The number of likely N-dealkylation sites (N-methyl/N-ethyl adjacent to an activating group) is 1. The van der Waals surface area contributed by atoms with Crippen molar-refractivity contribution in [3.8, 4) is 16.9 Å². The molecule has 0 saturated carbocycles. The highest BCUT2D eigenvalue weighted by Crippen LogP contribution is 2.24. The molecule has 0 unspecified atom stereocenters. The molecule has 2 aromatic rings. The van der Waals surface area contributed by atoms with Gasteiger partial charge >= 0.3 is 6.03 Å². The van der Waals surface area contributed by atoms with Gasteiger partial charge in [-0.05, 0) is 35.7 Å². The number of methoxy groups -OCH3 is 1. The lowest BCUT2D eigenvalue weighted by atomic mass is 10.0. The first kappa shape index (κ1) is 17.8. The number of nitrogens with zero attached hydrogens (tertiary/aromatic N) is 1. The number of hydrogen-bond acceptors (Lipinski definition) is 3. The van der Waals surface area contributed by atoms with E-state index in [4.69, 9.17) is 9.84 Å². The summed E-state index contributed by atoms with van der Waals surface area (Å²) in [6.45, 7) is 2.18. The van der Waals surface area contributed by atoms with Crippen molar-refractivity contribution in [3.05, 3.63) is 54.1 Å². The van der Waals surface area contributed by atoms with Gasteiger partial charge < -0.3 is 20.1 Å². The van der Waals surface area contributed by atoms with E-state index in [-0.39, 0.29) is 18.7 Å². The summed E-state index contributed by atoms with van der Waals surface area (Å²) in [5, 5.41) is 11.9. The minimum Gasteiger partial charge on any atom is -0.497 e. The van der Waals surface area contributed by atoms with Gasteiger partial charge in [0.1, 0.15) is 5.75 Å². The molecule has 0 saturated heterocycles. The van der Waals surface area contributed by atoms with Crippen molar-refractivity contribution in [1.82, 2.24) is 10.2 Å². The van der Waals surface area contributed by atoms with E-state index in [0.717, 1.165) is 22.4 Å². The van der Waals surface area contributed by atoms with Crippen LogP contribution in [0.4, 0.5) is 4.79 Å². The molecule has 0 aliphatic heterocycles. The summed E-state index contributed by atoms with van der Waals surface area (Å²) >= 11 is 0. The molecule has 0 spiro atoms. The van der Waals surface area contributed by atoms with Crippen LogP contribution < -0.4 is 10.1 Å². The number of nitrogens with one attached hydrogen (secondary N) is 1. The molecule has 2 amide bonds. The Hall–Kier alpha value is -2.53. The highest BCUT2D eigenvalue weighted by molar-refractivity contribution is 5.74. The van der Waals surface area contributed by atoms with Gasteiger partial charge in [-0.2, -0.15) is 0 Å². The first-order valence-corrected chi connectivity index (χ1v) is 7.90. The second-order valence-electron chi connectivity index (χ2n) is 5.73. The van der Waals surface area contributed by atoms with Crippen molar-refractivity contribution in [1.29, 1.82) is 0 Å². The molecule has 0 aromatic heterocycles. The van der Waals surface area contributed by atoms with Crippen molar-refractivity contribution in [2.75, 3.05) is 20.8 Å². The lowest BCUT2D eigenvalue weighted by Gasteiger charge is -2.23. The number of carbonyl (C=O) groups is 1. The van der Waals surface area contributed by atoms with Crippen LogP contribution >= 0.6 is 0 Å². The van der Waals surface area contributed by atoms with Crippen molar-refractivity contribution in [3.63, 3.8) is 0 Å². The average molecular weight is 328 g/mol. The predicted octanol–water partition coefficient (Wildman–Crippen LogP) is 2.88. The van der Waals surface area contributed by atoms with E-state index in [0.29, 0.717) is 6.54 Å². The van der Waals surface area contributed by atoms with Crippen LogP contribution in [0.2, 0.25) is 0 Å². The molecule has 1 atom stereocenters. The number of rotatable bonds is 6. The zero-order valence-corrected chi connectivity index (χ0v) is 14.3. The maximum atomic E-state index is 12.0. The molecule has 0 aliphatic rings. The second-order valence-corrected chi connectivity index (χ2v) is 5.73. The number of ether oxygens (including phenoxy) is 1. The number of hydrogen-bond donors (Lipinski definition) is 2. The van der Waals surface area contributed by atoms with E-state index < -0.39 is 0 Å². The van der Waals surface area contributed by atoms with Gasteiger partial charge in [0.25, 0.3) is 0 Å². The molecule has 0 heterocycles. The van der Waals surface area contributed by atoms with Crippen LogP contribution in [0, 0.1) is 0 Å². The minimum absolute atomic E-state index is 0.0564. The number of urea groups is 1. The summed E-state index contributed by atoms with van der Waals surface area (Å²) in [6.07, 6.45) is 0. The quantitative estimate of drug-likeness (QED) is 0.857. The van der Waals surface area contributed by atoms with E-state index in [1.165, 1.54) is 4.90 Å². The van der Waals surface area contributed by atoms with Gasteiger partial charge in [0.2, 0.25) is 0 Å². The Morgan fingerprint density at radius 2 is 1.92 bits per heavy atom. The molecule has 0 aliphatic carbocycles. The Labute approximate surface area is 142 Å². The first-order chi connectivity index (χ1) is 11.5. The summed E-state index contributed by atoms with van der Waals surface area (Å²) in [4.78, 5) is 13.5. The molecular formula is C19H24N2O3. The summed E-state index contributed by atoms with van der Waals surface area (Å²) < 4.78 is 5.25.